The lowest BCUT2D eigenvalue weighted by molar-refractivity contribution is -0.150. The summed E-state index contributed by atoms with van der Waals surface area (Å²) in [7, 11) is 4.10. The third-order valence-corrected chi connectivity index (χ3v) is 11.4. The van der Waals surface area contributed by atoms with Crippen molar-refractivity contribution in [2.75, 3.05) is 46.9 Å². The smallest absolute Gasteiger partial charge is 0.305 e. The van der Waals surface area contributed by atoms with Gasteiger partial charge in [0.05, 0.1) is 13.2 Å². The number of ether oxygens (including phenoxy) is 2. The standard InChI is InChI=1S/C54H98N2O5/c1-7-11-14-16-18-20-22-24-26-28-30-32-34-36-39-43-52(57)60-48-50(47-56(46-41-45-55(5)6)54(59)51(10-4)42-38-13-9-3)49-61-53(58)44-40-37-35-33-31-29-27-25-23-21-19-17-15-12-8-2/h18-21,24-27,50-51H,7-17,22-23,28-49H2,1-6H3/b20-18-,21-19-,26-24-,27-25-. The van der Waals surface area contributed by atoms with Crippen LogP contribution < -0.4 is 0 Å². The molecule has 1 unspecified atom stereocenters. The Labute approximate surface area is 378 Å². The monoisotopic (exact) mass is 855 g/mol. The summed E-state index contributed by atoms with van der Waals surface area (Å²) in [4.78, 5) is 43.9. The Hall–Kier alpha value is -2.67. The first-order valence-corrected chi connectivity index (χ1v) is 25.6. The van der Waals surface area contributed by atoms with Crippen molar-refractivity contribution in [2.45, 2.75) is 220 Å². The predicted molar refractivity (Wildman–Crippen MR) is 262 cm³/mol. The summed E-state index contributed by atoms with van der Waals surface area (Å²) in [5.74, 6) is -0.519. The molecule has 0 aromatic carbocycles. The van der Waals surface area contributed by atoms with Gasteiger partial charge in [0.2, 0.25) is 5.91 Å². The number of nitrogens with zero attached hydrogens (tertiary/aromatic N) is 2. The maximum Gasteiger partial charge on any atom is 0.305 e. The van der Waals surface area contributed by atoms with Gasteiger partial charge in [-0.2, -0.15) is 0 Å². The first-order valence-electron chi connectivity index (χ1n) is 25.6. The topological polar surface area (TPSA) is 76.2 Å². The number of carbonyl (C=O) groups is 3. The van der Waals surface area contributed by atoms with Crippen LogP contribution in [0.5, 0.6) is 0 Å². The van der Waals surface area contributed by atoms with Crippen LogP contribution in [-0.4, -0.2) is 74.6 Å². The molecular formula is C54H98N2O5. The van der Waals surface area contributed by atoms with Crippen LogP contribution >= 0.6 is 0 Å². The van der Waals surface area contributed by atoms with Gasteiger partial charge in [0.1, 0.15) is 0 Å². The third-order valence-electron chi connectivity index (χ3n) is 11.4. The van der Waals surface area contributed by atoms with Gasteiger partial charge in [-0.15, -0.1) is 0 Å². The molecule has 0 saturated heterocycles. The molecule has 0 aliphatic rings. The molecule has 0 aromatic heterocycles. The van der Waals surface area contributed by atoms with Crippen LogP contribution in [0.25, 0.3) is 0 Å². The average Bonchev–Trinajstić information content (AvgIpc) is 3.25. The van der Waals surface area contributed by atoms with Gasteiger partial charge in [0.15, 0.2) is 0 Å². The Morgan fingerprint density at radius 1 is 0.475 bits per heavy atom. The lowest BCUT2D eigenvalue weighted by Gasteiger charge is -2.31. The minimum atomic E-state index is -0.265. The van der Waals surface area contributed by atoms with Crippen LogP contribution in [0.1, 0.15) is 220 Å². The van der Waals surface area contributed by atoms with E-state index in [-0.39, 0.29) is 42.9 Å². The van der Waals surface area contributed by atoms with Crippen LogP contribution in [0.4, 0.5) is 0 Å². The molecule has 0 radical (unpaired) electrons. The van der Waals surface area contributed by atoms with Crippen LogP contribution in [-0.2, 0) is 23.9 Å². The molecule has 61 heavy (non-hydrogen) atoms. The van der Waals surface area contributed by atoms with E-state index in [9.17, 15) is 14.4 Å². The summed E-state index contributed by atoms with van der Waals surface area (Å²) in [5, 5.41) is 0. The lowest BCUT2D eigenvalue weighted by Crippen LogP contribution is -2.43. The minimum absolute atomic E-state index is 0.0202. The summed E-state index contributed by atoms with van der Waals surface area (Å²) >= 11 is 0. The van der Waals surface area contributed by atoms with E-state index in [4.69, 9.17) is 9.47 Å². The highest BCUT2D eigenvalue weighted by Gasteiger charge is 2.26. The van der Waals surface area contributed by atoms with E-state index >= 15 is 0 Å². The van der Waals surface area contributed by atoms with Gasteiger partial charge < -0.3 is 19.3 Å². The van der Waals surface area contributed by atoms with Gasteiger partial charge in [0, 0.05) is 37.8 Å². The van der Waals surface area contributed by atoms with E-state index in [2.05, 4.69) is 95.3 Å². The molecule has 0 bridgehead atoms. The molecule has 0 N–H and O–H groups in total. The van der Waals surface area contributed by atoms with E-state index in [1.807, 2.05) is 4.90 Å². The van der Waals surface area contributed by atoms with Crippen LogP contribution in [0.15, 0.2) is 48.6 Å². The molecule has 0 heterocycles. The Balaban J connectivity index is 4.97. The van der Waals surface area contributed by atoms with Crippen molar-refractivity contribution in [1.82, 2.24) is 9.80 Å². The number of rotatable bonds is 44. The van der Waals surface area contributed by atoms with Crippen molar-refractivity contribution >= 4 is 17.8 Å². The summed E-state index contributed by atoms with van der Waals surface area (Å²) in [6.45, 7) is 11.0. The number of esters is 2. The van der Waals surface area contributed by atoms with Crippen molar-refractivity contribution in [3.63, 3.8) is 0 Å². The molecule has 7 nitrogen and oxygen atoms in total. The van der Waals surface area contributed by atoms with E-state index in [1.54, 1.807) is 0 Å². The van der Waals surface area contributed by atoms with E-state index in [1.165, 1.54) is 77.0 Å². The van der Waals surface area contributed by atoms with Gasteiger partial charge in [-0.3, -0.25) is 14.4 Å². The zero-order chi connectivity index (χ0) is 44.9. The second kappa shape index (κ2) is 45.4. The van der Waals surface area contributed by atoms with Crippen LogP contribution in [0.2, 0.25) is 0 Å². The number of allylic oxidation sites excluding steroid dienone is 8. The molecule has 7 heteroatoms. The van der Waals surface area contributed by atoms with Crippen molar-refractivity contribution < 1.29 is 23.9 Å². The number of amides is 1. The zero-order valence-electron chi connectivity index (χ0n) is 41.0. The first-order chi connectivity index (χ1) is 29.8. The fourth-order valence-corrected chi connectivity index (χ4v) is 7.46. The quantitative estimate of drug-likeness (QED) is 0.0345. The largest absolute Gasteiger partial charge is 0.465 e. The summed E-state index contributed by atoms with van der Waals surface area (Å²) in [5.41, 5.74) is 0. The van der Waals surface area contributed by atoms with Gasteiger partial charge in [0.25, 0.3) is 0 Å². The second-order valence-electron chi connectivity index (χ2n) is 17.7. The van der Waals surface area contributed by atoms with Gasteiger partial charge in [-0.05, 0) is 117 Å². The van der Waals surface area contributed by atoms with E-state index in [0.29, 0.717) is 25.9 Å². The summed E-state index contributed by atoms with van der Waals surface area (Å²) in [6.07, 6.45) is 50.0. The predicted octanol–water partition coefficient (Wildman–Crippen LogP) is 14.7. The minimum Gasteiger partial charge on any atom is -0.465 e. The van der Waals surface area contributed by atoms with E-state index in [0.717, 1.165) is 109 Å². The van der Waals surface area contributed by atoms with Gasteiger partial charge in [-0.25, -0.2) is 0 Å². The molecule has 0 fully saturated rings. The van der Waals surface area contributed by atoms with Crippen molar-refractivity contribution in [2.24, 2.45) is 11.8 Å². The van der Waals surface area contributed by atoms with Crippen molar-refractivity contribution in [3.05, 3.63) is 48.6 Å². The molecule has 0 spiro atoms. The summed E-state index contributed by atoms with van der Waals surface area (Å²) < 4.78 is 11.7. The van der Waals surface area contributed by atoms with E-state index < -0.39 is 0 Å². The first kappa shape index (κ1) is 58.3. The van der Waals surface area contributed by atoms with Crippen molar-refractivity contribution in [3.8, 4) is 0 Å². The van der Waals surface area contributed by atoms with Gasteiger partial charge in [-0.1, -0.05) is 160 Å². The molecular weight excluding hydrogens is 757 g/mol. The molecule has 354 valence electrons. The zero-order valence-corrected chi connectivity index (χ0v) is 41.0. The highest BCUT2D eigenvalue weighted by molar-refractivity contribution is 5.78. The molecule has 0 aromatic rings. The van der Waals surface area contributed by atoms with Gasteiger partial charge >= 0.3 is 11.9 Å². The number of carbonyl (C=O) groups excluding carboxylic acids is 3. The fourth-order valence-electron chi connectivity index (χ4n) is 7.46. The second-order valence-corrected chi connectivity index (χ2v) is 17.7. The normalized spacial score (nSPS) is 12.6. The SMILES string of the molecule is CCCCC/C=C\C/C=C\CCCCCCCC(=O)OCC(COC(=O)CCCCCCC/C=C\C/C=C\CCCCC)CN(CCCN(C)C)C(=O)C(CC)CCCCC. The van der Waals surface area contributed by atoms with Crippen molar-refractivity contribution in [1.29, 1.82) is 0 Å². The Morgan fingerprint density at radius 2 is 0.885 bits per heavy atom. The summed E-state index contributed by atoms with van der Waals surface area (Å²) in [6, 6.07) is 0. The maximum atomic E-state index is 14.0. The molecule has 0 rings (SSSR count). The Bertz CT molecular complexity index is 1070. The third kappa shape index (κ3) is 39.9. The number of unbranched alkanes of at least 4 members (excludes halogenated alkanes) is 18. The van der Waals surface area contributed by atoms with Crippen LogP contribution in [0.3, 0.4) is 0 Å². The van der Waals surface area contributed by atoms with Crippen LogP contribution in [0, 0.1) is 11.8 Å². The number of hydrogen-bond acceptors (Lipinski definition) is 6. The molecule has 0 aliphatic carbocycles. The Morgan fingerprint density at radius 3 is 1.31 bits per heavy atom. The molecule has 1 atom stereocenters. The lowest BCUT2D eigenvalue weighted by atomic mass is 9.96. The molecule has 1 amide bonds. The molecule has 0 saturated carbocycles. The molecule has 0 aliphatic heterocycles. The Kier molecular flexibility index (Phi) is 43.4. The number of hydrogen-bond donors (Lipinski definition) is 0. The average molecular weight is 855 g/mol. The fraction of sp³-hybridized carbons (Fsp3) is 0.796. The highest BCUT2D eigenvalue weighted by atomic mass is 16.5. The maximum absolute atomic E-state index is 14.0. The highest BCUT2D eigenvalue weighted by Crippen LogP contribution is 2.19.